The van der Waals surface area contributed by atoms with Gasteiger partial charge in [-0.1, -0.05) is 39.0 Å². The predicted octanol–water partition coefficient (Wildman–Crippen LogP) is 2.68. The normalized spacial score (nSPS) is 19.2. The minimum Gasteiger partial charge on any atom is -0.354 e. The average molecular weight is 360 g/mol. The van der Waals surface area contributed by atoms with E-state index in [4.69, 9.17) is 0 Å². The molecule has 5 heteroatoms. The first-order valence-corrected chi connectivity index (χ1v) is 9.83. The van der Waals surface area contributed by atoms with Gasteiger partial charge in [0.25, 0.3) is 5.91 Å². The molecule has 0 aliphatic carbocycles. The molecule has 1 heterocycles. The molecule has 0 aromatic heterocycles. The topological polar surface area (TPSA) is 61.4 Å². The molecule has 0 saturated carbocycles. The summed E-state index contributed by atoms with van der Waals surface area (Å²) >= 11 is 0. The van der Waals surface area contributed by atoms with Gasteiger partial charge in [0.2, 0.25) is 5.91 Å². The van der Waals surface area contributed by atoms with Gasteiger partial charge in [-0.2, -0.15) is 0 Å². The van der Waals surface area contributed by atoms with Crippen LogP contribution < -0.4 is 10.6 Å². The van der Waals surface area contributed by atoms with Crippen LogP contribution in [0.4, 0.5) is 0 Å². The van der Waals surface area contributed by atoms with Gasteiger partial charge in [0.05, 0.1) is 0 Å². The zero-order chi connectivity index (χ0) is 18.9. The van der Waals surface area contributed by atoms with Crippen molar-refractivity contribution in [2.45, 2.75) is 46.1 Å². The Morgan fingerprint density at radius 2 is 1.96 bits per heavy atom. The standard InChI is InChI=1S/C21H33N3O2/c1-16(2)19(23-20(25)18-10-5-4-6-11-18)21(26)22-12-8-14-24-13-7-9-17(3)15-24/h4-6,10-11,16-17,19H,7-9,12-15H2,1-3H3,(H,22,26)(H,23,25). The molecule has 0 radical (unpaired) electrons. The first-order chi connectivity index (χ1) is 12.5. The third-order valence-electron chi connectivity index (χ3n) is 4.96. The van der Waals surface area contributed by atoms with Gasteiger partial charge in [-0.15, -0.1) is 0 Å². The van der Waals surface area contributed by atoms with Crippen molar-refractivity contribution in [1.82, 2.24) is 15.5 Å². The van der Waals surface area contributed by atoms with Crippen molar-refractivity contribution in [3.05, 3.63) is 35.9 Å². The number of hydrogen-bond acceptors (Lipinski definition) is 3. The SMILES string of the molecule is CC1CCCN(CCCNC(=O)C(NC(=O)c2ccccc2)C(C)C)C1. The smallest absolute Gasteiger partial charge is 0.251 e. The van der Waals surface area contributed by atoms with Crippen LogP contribution in [-0.4, -0.2) is 48.9 Å². The van der Waals surface area contributed by atoms with Crippen molar-refractivity contribution in [1.29, 1.82) is 0 Å². The lowest BCUT2D eigenvalue weighted by Crippen LogP contribution is -2.50. The maximum absolute atomic E-state index is 12.5. The summed E-state index contributed by atoms with van der Waals surface area (Å²) in [6, 6.07) is 8.50. The van der Waals surface area contributed by atoms with Crippen LogP contribution in [0.1, 0.15) is 50.4 Å². The number of rotatable bonds is 8. The van der Waals surface area contributed by atoms with E-state index >= 15 is 0 Å². The Hall–Kier alpha value is -1.88. The highest BCUT2D eigenvalue weighted by Gasteiger charge is 2.24. The monoisotopic (exact) mass is 359 g/mol. The summed E-state index contributed by atoms with van der Waals surface area (Å²) in [5, 5.41) is 5.86. The van der Waals surface area contributed by atoms with Gasteiger partial charge in [0.1, 0.15) is 6.04 Å². The van der Waals surface area contributed by atoms with Crippen LogP contribution in [-0.2, 0) is 4.79 Å². The Morgan fingerprint density at radius 1 is 1.23 bits per heavy atom. The number of nitrogens with zero attached hydrogens (tertiary/aromatic N) is 1. The summed E-state index contributed by atoms with van der Waals surface area (Å²) < 4.78 is 0. The number of likely N-dealkylation sites (tertiary alicyclic amines) is 1. The van der Waals surface area contributed by atoms with Crippen molar-refractivity contribution in [2.24, 2.45) is 11.8 Å². The molecular weight excluding hydrogens is 326 g/mol. The molecule has 2 rings (SSSR count). The predicted molar refractivity (Wildman–Crippen MR) is 105 cm³/mol. The van der Waals surface area contributed by atoms with Crippen LogP contribution in [0.5, 0.6) is 0 Å². The molecule has 0 bridgehead atoms. The zero-order valence-electron chi connectivity index (χ0n) is 16.3. The average Bonchev–Trinajstić information content (AvgIpc) is 2.63. The number of piperidine rings is 1. The molecule has 1 aromatic rings. The van der Waals surface area contributed by atoms with Crippen LogP contribution in [0.2, 0.25) is 0 Å². The Morgan fingerprint density at radius 3 is 2.62 bits per heavy atom. The van der Waals surface area contributed by atoms with E-state index in [-0.39, 0.29) is 17.7 Å². The molecule has 1 aliphatic rings. The highest BCUT2D eigenvalue weighted by Crippen LogP contribution is 2.15. The largest absolute Gasteiger partial charge is 0.354 e. The molecule has 26 heavy (non-hydrogen) atoms. The van der Waals surface area contributed by atoms with Crippen molar-refractivity contribution >= 4 is 11.8 Å². The molecule has 1 fully saturated rings. The summed E-state index contributed by atoms with van der Waals surface area (Å²) in [4.78, 5) is 27.3. The molecule has 144 valence electrons. The molecule has 2 unspecified atom stereocenters. The Kier molecular flexibility index (Phi) is 8.10. The first-order valence-electron chi connectivity index (χ1n) is 9.83. The molecular formula is C21H33N3O2. The summed E-state index contributed by atoms with van der Waals surface area (Å²) in [5.74, 6) is 0.500. The van der Waals surface area contributed by atoms with Crippen LogP contribution in [0.3, 0.4) is 0 Å². The lowest BCUT2D eigenvalue weighted by molar-refractivity contribution is -0.123. The number of nitrogens with one attached hydrogen (secondary N) is 2. The summed E-state index contributed by atoms with van der Waals surface area (Å²) in [6.45, 7) is 10.2. The van der Waals surface area contributed by atoms with Gasteiger partial charge in [0, 0.05) is 18.7 Å². The Labute approximate surface area is 157 Å². The van der Waals surface area contributed by atoms with Gasteiger partial charge >= 0.3 is 0 Å². The number of amides is 2. The molecule has 2 amide bonds. The van der Waals surface area contributed by atoms with E-state index in [9.17, 15) is 9.59 Å². The van der Waals surface area contributed by atoms with E-state index in [2.05, 4.69) is 22.5 Å². The van der Waals surface area contributed by atoms with Crippen molar-refractivity contribution in [3.8, 4) is 0 Å². The first kappa shape index (κ1) is 20.4. The van der Waals surface area contributed by atoms with Crippen LogP contribution >= 0.6 is 0 Å². The highest BCUT2D eigenvalue weighted by atomic mass is 16.2. The second-order valence-corrected chi connectivity index (χ2v) is 7.75. The lowest BCUT2D eigenvalue weighted by atomic mass is 10.0. The molecule has 1 aliphatic heterocycles. The molecule has 2 atom stereocenters. The van der Waals surface area contributed by atoms with Gasteiger partial charge in [-0.3, -0.25) is 9.59 Å². The maximum Gasteiger partial charge on any atom is 0.251 e. The van der Waals surface area contributed by atoms with E-state index < -0.39 is 6.04 Å². The quantitative estimate of drug-likeness (QED) is 0.702. The van der Waals surface area contributed by atoms with E-state index in [0.717, 1.165) is 25.4 Å². The van der Waals surface area contributed by atoms with E-state index in [1.165, 1.54) is 19.4 Å². The molecule has 2 N–H and O–H groups in total. The van der Waals surface area contributed by atoms with E-state index in [1.54, 1.807) is 12.1 Å². The van der Waals surface area contributed by atoms with Gasteiger partial charge in [-0.25, -0.2) is 0 Å². The number of carbonyl (C=O) groups excluding carboxylic acids is 2. The Bertz CT molecular complexity index is 574. The lowest BCUT2D eigenvalue weighted by Gasteiger charge is -2.30. The van der Waals surface area contributed by atoms with Crippen molar-refractivity contribution < 1.29 is 9.59 Å². The van der Waals surface area contributed by atoms with E-state index in [0.29, 0.717) is 12.1 Å². The van der Waals surface area contributed by atoms with E-state index in [1.807, 2.05) is 32.0 Å². The number of carbonyl (C=O) groups is 2. The minimum absolute atomic E-state index is 0.0330. The zero-order valence-corrected chi connectivity index (χ0v) is 16.3. The number of benzene rings is 1. The third-order valence-corrected chi connectivity index (χ3v) is 4.96. The fourth-order valence-corrected chi connectivity index (χ4v) is 3.46. The fourth-order valence-electron chi connectivity index (χ4n) is 3.46. The molecule has 1 aromatic carbocycles. The van der Waals surface area contributed by atoms with Crippen LogP contribution in [0, 0.1) is 11.8 Å². The van der Waals surface area contributed by atoms with Gasteiger partial charge < -0.3 is 15.5 Å². The molecule has 1 saturated heterocycles. The summed E-state index contributed by atoms with van der Waals surface area (Å²) in [7, 11) is 0. The minimum atomic E-state index is -0.516. The Balaban J connectivity index is 1.76. The van der Waals surface area contributed by atoms with Crippen LogP contribution in [0.25, 0.3) is 0 Å². The number of hydrogen-bond donors (Lipinski definition) is 2. The third kappa shape index (κ3) is 6.45. The second kappa shape index (κ2) is 10.3. The summed E-state index contributed by atoms with van der Waals surface area (Å²) in [5.41, 5.74) is 0.574. The van der Waals surface area contributed by atoms with Gasteiger partial charge in [-0.05, 0) is 56.3 Å². The maximum atomic E-state index is 12.5. The van der Waals surface area contributed by atoms with Gasteiger partial charge in [0.15, 0.2) is 0 Å². The van der Waals surface area contributed by atoms with Crippen molar-refractivity contribution in [3.63, 3.8) is 0 Å². The van der Waals surface area contributed by atoms with Crippen LogP contribution in [0.15, 0.2) is 30.3 Å². The highest BCUT2D eigenvalue weighted by molar-refractivity contribution is 5.97. The molecule has 5 nitrogen and oxygen atoms in total. The summed E-state index contributed by atoms with van der Waals surface area (Å²) in [6.07, 6.45) is 3.54. The fraction of sp³-hybridized carbons (Fsp3) is 0.619. The molecule has 0 spiro atoms. The van der Waals surface area contributed by atoms with Crippen molar-refractivity contribution in [2.75, 3.05) is 26.2 Å². The second-order valence-electron chi connectivity index (χ2n) is 7.75.